The summed E-state index contributed by atoms with van der Waals surface area (Å²) >= 11 is 0. The van der Waals surface area contributed by atoms with E-state index in [1.165, 1.54) is 7.11 Å². The Hall–Kier alpha value is -5.84. The van der Waals surface area contributed by atoms with Crippen molar-refractivity contribution in [2.24, 2.45) is 22.2 Å². The number of aromatic nitrogens is 2. The first kappa shape index (κ1) is 29.6. The molecule has 0 fully saturated rings. The molecule has 7 N–H and O–H groups in total. The van der Waals surface area contributed by atoms with Crippen LogP contribution in [0.15, 0.2) is 102 Å². The number of rotatable bonds is 12. The number of anilines is 1. The minimum absolute atomic E-state index is 0.0245. The normalized spacial score (nSPS) is 11.5. The number of ether oxygens (including phenoxy) is 2. The zero-order valence-corrected chi connectivity index (χ0v) is 24.1. The Morgan fingerprint density at radius 3 is 2.41 bits per heavy atom. The van der Waals surface area contributed by atoms with Gasteiger partial charge in [-0.3, -0.25) is 14.6 Å². The van der Waals surface area contributed by atoms with Gasteiger partial charge in [-0.15, -0.1) is 0 Å². The molecule has 224 valence electrons. The van der Waals surface area contributed by atoms with Crippen molar-refractivity contribution in [3.63, 3.8) is 0 Å². The fourth-order valence-corrected chi connectivity index (χ4v) is 4.92. The van der Waals surface area contributed by atoms with Gasteiger partial charge in [-0.2, -0.15) is 0 Å². The zero-order valence-electron chi connectivity index (χ0n) is 24.1. The van der Waals surface area contributed by atoms with E-state index in [9.17, 15) is 9.59 Å². The van der Waals surface area contributed by atoms with Gasteiger partial charge in [0.25, 0.3) is 5.91 Å². The standard InChI is InChI=1S/C33H33N7O4/c1-43-29-15-6-5-13-25(29)39-32(42)22-16-17-27-26(20-22)38-31(40(27)28(30(34)41)14-8-18-37-33(35)36)21-9-7-12-24(19-21)44-23-10-3-2-4-11-23/h2-7,9-13,15-17,19-20,28H,8,14,18H2,1H3,(H2,34,41)(H,39,42)(H4,35,36,37)/t28-/m0/s1. The summed E-state index contributed by atoms with van der Waals surface area (Å²) in [5.41, 5.74) is 19.7. The lowest BCUT2D eigenvalue weighted by atomic mass is 10.1. The molecule has 0 saturated heterocycles. The number of amides is 2. The monoisotopic (exact) mass is 591 g/mol. The van der Waals surface area contributed by atoms with E-state index in [2.05, 4.69) is 10.3 Å². The summed E-state index contributed by atoms with van der Waals surface area (Å²) in [4.78, 5) is 35.1. The minimum Gasteiger partial charge on any atom is -0.495 e. The first-order valence-corrected chi connectivity index (χ1v) is 14.0. The van der Waals surface area contributed by atoms with Gasteiger partial charge in [0, 0.05) is 17.7 Å². The molecule has 0 unspecified atom stereocenters. The van der Waals surface area contributed by atoms with E-state index in [1.807, 2.05) is 66.7 Å². The molecular weight excluding hydrogens is 558 g/mol. The van der Waals surface area contributed by atoms with Crippen molar-refractivity contribution in [2.75, 3.05) is 19.0 Å². The van der Waals surface area contributed by atoms with Gasteiger partial charge in [0.1, 0.15) is 29.1 Å². The van der Waals surface area contributed by atoms with Crippen LogP contribution in [0.5, 0.6) is 17.2 Å². The number of hydrogen-bond acceptors (Lipinski definition) is 6. The number of primary amides is 1. The molecule has 0 bridgehead atoms. The van der Waals surface area contributed by atoms with Crippen LogP contribution in [0, 0.1) is 0 Å². The highest BCUT2D eigenvalue weighted by Crippen LogP contribution is 2.34. The largest absolute Gasteiger partial charge is 0.495 e. The van der Waals surface area contributed by atoms with Gasteiger partial charge < -0.3 is 36.6 Å². The Morgan fingerprint density at radius 1 is 0.909 bits per heavy atom. The number of imidazole rings is 1. The average molecular weight is 592 g/mol. The van der Waals surface area contributed by atoms with Gasteiger partial charge in [0.2, 0.25) is 5.91 Å². The lowest BCUT2D eigenvalue weighted by molar-refractivity contribution is -0.121. The maximum absolute atomic E-state index is 13.3. The molecule has 1 atom stereocenters. The number of fused-ring (bicyclic) bond motifs is 1. The second-order valence-corrected chi connectivity index (χ2v) is 9.97. The van der Waals surface area contributed by atoms with Crippen LogP contribution in [0.1, 0.15) is 29.2 Å². The van der Waals surface area contributed by atoms with E-state index in [0.717, 1.165) is 0 Å². The van der Waals surface area contributed by atoms with E-state index in [0.29, 0.717) is 70.3 Å². The summed E-state index contributed by atoms with van der Waals surface area (Å²) in [6.45, 7) is 0.335. The third-order valence-electron chi connectivity index (χ3n) is 6.95. The fraction of sp³-hybridized carbons (Fsp3) is 0.152. The number of nitrogens with one attached hydrogen (secondary N) is 1. The number of carbonyl (C=O) groups excluding carboxylic acids is 2. The summed E-state index contributed by atoms with van der Waals surface area (Å²) in [7, 11) is 1.54. The lowest BCUT2D eigenvalue weighted by Gasteiger charge is -2.19. The smallest absolute Gasteiger partial charge is 0.255 e. The van der Waals surface area contributed by atoms with E-state index in [1.54, 1.807) is 34.9 Å². The number of nitrogens with two attached hydrogens (primary N) is 3. The third-order valence-corrected chi connectivity index (χ3v) is 6.95. The molecule has 5 aromatic rings. The van der Waals surface area contributed by atoms with Gasteiger partial charge >= 0.3 is 0 Å². The number of carbonyl (C=O) groups is 2. The highest BCUT2D eigenvalue weighted by atomic mass is 16.5. The van der Waals surface area contributed by atoms with E-state index in [-0.39, 0.29) is 11.9 Å². The number of benzene rings is 4. The number of hydrogen-bond donors (Lipinski definition) is 4. The minimum atomic E-state index is -0.767. The summed E-state index contributed by atoms with van der Waals surface area (Å²) in [6.07, 6.45) is 0.863. The van der Waals surface area contributed by atoms with Crippen molar-refractivity contribution in [1.82, 2.24) is 9.55 Å². The Morgan fingerprint density at radius 2 is 1.66 bits per heavy atom. The molecule has 0 aliphatic heterocycles. The van der Waals surface area contributed by atoms with Crippen LogP contribution in [-0.2, 0) is 4.79 Å². The molecule has 5 rings (SSSR count). The third kappa shape index (κ3) is 6.79. The number of methoxy groups -OCH3 is 1. The van der Waals surface area contributed by atoms with Crippen molar-refractivity contribution in [3.05, 3.63) is 103 Å². The van der Waals surface area contributed by atoms with Crippen LogP contribution in [0.4, 0.5) is 5.69 Å². The van der Waals surface area contributed by atoms with Crippen molar-refractivity contribution >= 4 is 34.5 Å². The van der Waals surface area contributed by atoms with Gasteiger partial charge in [0.15, 0.2) is 5.96 Å². The molecule has 4 aromatic carbocycles. The van der Waals surface area contributed by atoms with E-state index < -0.39 is 11.9 Å². The molecule has 0 saturated carbocycles. The Balaban J connectivity index is 1.56. The van der Waals surface area contributed by atoms with Crippen LogP contribution in [0.2, 0.25) is 0 Å². The molecule has 0 radical (unpaired) electrons. The Labute approximate surface area is 254 Å². The Kier molecular flexibility index (Phi) is 9.05. The van der Waals surface area contributed by atoms with Crippen molar-refractivity contribution in [3.8, 4) is 28.6 Å². The second kappa shape index (κ2) is 13.4. The lowest BCUT2D eigenvalue weighted by Crippen LogP contribution is -2.27. The van der Waals surface area contributed by atoms with Crippen LogP contribution >= 0.6 is 0 Å². The number of guanidine groups is 1. The van der Waals surface area contributed by atoms with Gasteiger partial charge in [0.05, 0.1) is 23.8 Å². The van der Waals surface area contributed by atoms with Crippen LogP contribution in [0.25, 0.3) is 22.4 Å². The quantitative estimate of drug-likeness (QED) is 0.0913. The number of para-hydroxylation sites is 3. The molecule has 0 spiro atoms. The molecule has 44 heavy (non-hydrogen) atoms. The number of nitrogens with zero attached hydrogens (tertiary/aromatic N) is 3. The topological polar surface area (TPSA) is 173 Å². The maximum atomic E-state index is 13.3. The highest BCUT2D eigenvalue weighted by Gasteiger charge is 2.25. The van der Waals surface area contributed by atoms with Crippen LogP contribution in [0.3, 0.4) is 0 Å². The summed E-state index contributed by atoms with van der Waals surface area (Å²) in [5.74, 6) is 1.40. The molecule has 0 aliphatic rings. The van der Waals surface area contributed by atoms with Crippen molar-refractivity contribution < 1.29 is 19.1 Å². The van der Waals surface area contributed by atoms with Gasteiger partial charge in [-0.05, 0) is 67.4 Å². The maximum Gasteiger partial charge on any atom is 0.255 e. The Bertz CT molecular complexity index is 1810. The highest BCUT2D eigenvalue weighted by molar-refractivity contribution is 6.07. The molecule has 11 nitrogen and oxygen atoms in total. The first-order valence-electron chi connectivity index (χ1n) is 14.0. The average Bonchev–Trinajstić information content (AvgIpc) is 3.40. The summed E-state index contributed by atoms with van der Waals surface area (Å²) in [5, 5.41) is 2.89. The van der Waals surface area contributed by atoms with Crippen molar-refractivity contribution in [1.29, 1.82) is 0 Å². The second-order valence-electron chi connectivity index (χ2n) is 9.97. The van der Waals surface area contributed by atoms with Gasteiger partial charge in [-0.25, -0.2) is 4.98 Å². The SMILES string of the molecule is COc1ccccc1NC(=O)c1ccc2c(c1)nc(-c1cccc(Oc3ccccc3)c1)n2[C@@H](CCCN=C(N)N)C(N)=O. The summed E-state index contributed by atoms with van der Waals surface area (Å²) in [6, 6.07) is 28.3. The number of aliphatic imine (C=N–C) groups is 1. The van der Waals surface area contributed by atoms with Crippen LogP contribution in [-0.4, -0.2) is 41.0 Å². The molecule has 11 heteroatoms. The first-order chi connectivity index (χ1) is 21.3. The van der Waals surface area contributed by atoms with E-state index >= 15 is 0 Å². The fourth-order valence-electron chi connectivity index (χ4n) is 4.92. The molecule has 1 aromatic heterocycles. The van der Waals surface area contributed by atoms with Gasteiger partial charge in [-0.1, -0.05) is 42.5 Å². The molecule has 0 aliphatic carbocycles. The van der Waals surface area contributed by atoms with E-state index in [4.69, 9.17) is 31.7 Å². The van der Waals surface area contributed by atoms with Crippen molar-refractivity contribution in [2.45, 2.75) is 18.9 Å². The predicted octanol–water partition coefficient (Wildman–Crippen LogP) is 4.84. The molecular formula is C33H33N7O4. The molecule has 2 amide bonds. The summed E-state index contributed by atoms with van der Waals surface area (Å²) < 4.78 is 13.2. The molecule has 1 heterocycles. The van der Waals surface area contributed by atoms with Crippen LogP contribution < -0.4 is 32.0 Å². The predicted molar refractivity (Wildman–Crippen MR) is 171 cm³/mol. The zero-order chi connectivity index (χ0) is 31.1.